The molecule has 0 aromatic heterocycles. The van der Waals surface area contributed by atoms with E-state index in [4.69, 9.17) is 4.74 Å². The van der Waals surface area contributed by atoms with Crippen molar-refractivity contribution in [2.24, 2.45) is 5.41 Å². The van der Waals surface area contributed by atoms with E-state index in [2.05, 4.69) is 5.32 Å². The van der Waals surface area contributed by atoms with E-state index in [9.17, 15) is 14.7 Å². The number of carboxylic acids is 1. The summed E-state index contributed by atoms with van der Waals surface area (Å²) in [6.45, 7) is 6.39. The largest absolute Gasteiger partial charge is 0.487 e. The topological polar surface area (TPSA) is 78.9 Å². The maximum atomic E-state index is 12.6. The second kappa shape index (κ2) is 5.69. The third kappa shape index (κ3) is 3.05. The van der Waals surface area contributed by atoms with Gasteiger partial charge in [0.15, 0.2) is 0 Å². The minimum atomic E-state index is -0.857. The molecule has 1 aromatic rings. The highest BCUT2D eigenvalue weighted by Gasteiger charge is 2.43. The van der Waals surface area contributed by atoms with Gasteiger partial charge >= 0.3 is 12.0 Å². The Hall–Kier alpha value is -2.24. The van der Waals surface area contributed by atoms with Gasteiger partial charge in [-0.1, -0.05) is 18.2 Å². The highest BCUT2D eigenvalue weighted by atomic mass is 16.5. The van der Waals surface area contributed by atoms with E-state index in [0.29, 0.717) is 19.4 Å². The molecule has 2 atom stereocenters. The van der Waals surface area contributed by atoms with E-state index in [1.807, 2.05) is 38.1 Å². The molecule has 2 heterocycles. The molecule has 2 amide bonds. The second-order valence-corrected chi connectivity index (χ2v) is 7.64. The second-order valence-electron chi connectivity index (χ2n) is 7.64. The fraction of sp³-hybridized carbons (Fsp3) is 0.556. The first-order valence-electron chi connectivity index (χ1n) is 8.27. The molecule has 1 fully saturated rings. The van der Waals surface area contributed by atoms with Gasteiger partial charge in [-0.25, -0.2) is 4.79 Å². The summed E-state index contributed by atoms with van der Waals surface area (Å²) in [5.74, 6) is -0.0637. The molecule has 6 nitrogen and oxygen atoms in total. The van der Waals surface area contributed by atoms with Crippen molar-refractivity contribution in [3.05, 3.63) is 29.8 Å². The number of rotatable bonds is 2. The van der Waals surface area contributed by atoms with Crippen molar-refractivity contribution in [1.82, 2.24) is 10.2 Å². The van der Waals surface area contributed by atoms with Crippen LogP contribution in [0.1, 0.15) is 45.2 Å². The van der Waals surface area contributed by atoms with Crippen molar-refractivity contribution >= 4 is 12.0 Å². The molecule has 0 aliphatic carbocycles. The molecule has 2 aliphatic heterocycles. The molecular formula is C18H24N2O4. The van der Waals surface area contributed by atoms with Crippen LogP contribution in [-0.2, 0) is 4.79 Å². The van der Waals surface area contributed by atoms with Crippen LogP contribution in [0.2, 0.25) is 0 Å². The van der Waals surface area contributed by atoms with Crippen LogP contribution < -0.4 is 10.1 Å². The number of hydrogen-bond acceptors (Lipinski definition) is 3. The van der Waals surface area contributed by atoms with E-state index >= 15 is 0 Å². The van der Waals surface area contributed by atoms with Crippen LogP contribution in [0.25, 0.3) is 0 Å². The lowest BCUT2D eigenvalue weighted by molar-refractivity contribution is -0.147. The molecule has 0 radical (unpaired) electrons. The van der Waals surface area contributed by atoms with Gasteiger partial charge in [-0.3, -0.25) is 4.79 Å². The first-order valence-corrected chi connectivity index (χ1v) is 8.27. The Labute approximate surface area is 141 Å². The van der Waals surface area contributed by atoms with Crippen LogP contribution in [0.15, 0.2) is 24.3 Å². The number of para-hydroxylation sites is 1. The summed E-state index contributed by atoms with van der Waals surface area (Å²) < 4.78 is 5.98. The number of urea groups is 1. The lowest BCUT2D eigenvalue weighted by Gasteiger charge is -2.38. The average molecular weight is 332 g/mol. The van der Waals surface area contributed by atoms with Crippen LogP contribution in [-0.4, -0.2) is 40.7 Å². The van der Waals surface area contributed by atoms with Crippen LogP contribution >= 0.6 is 0 Å². The Bertz CT molecular complexity index is 673. The maximum Gasteiger partial charge on any atom is 0.317 e. The standard InChI is InChI=1S/C18H24N2O4/c1-17(2)10-13(12-6-4-5-7-14(12)24-17)19-16(23)20-9-8-18(3,11-20)15(21)22/h4-7,13H,8-11H2,1-3H3,(H,19,23)(H,21,22). The normalized spacial score (nSPS) is 28.0. The van der Waals surface area contributed by atoms with E-state index < -0.39 is 11.4 Å². The number of hydrogen-bond donors (Lipinski definition) is 2. The monoisotopic (exact) mass is 332 g/mol. The fourth-order valence-electron chi connectivity index (χ4n) is 3.48. The third-order valence-electron chi connectivity index (χ3n) is 4.95. The average Bonchev–Trinajstić information content (AvgIpc) is 2.90. The Morgan fingerprint density at radius 3 is 2.67 bits per heavy atom. The molecule has 1 aromatic carbocycles. The van der Waals surface area contributed by atoms with Crippen LogP contribution in [0, 0.1) is 5.41 Å². The number of amides is 2. The Kier molecular flexibility index (Phi) is 3.94. The number of likely N-dealkylation sites (tertiary alicyclic amines) is 1. The molecule has 130 valence electrons. The smallest absolute Gasteiger partial charge is 0.317 e. The molecule has 0 saturated carbocycles. The fourth-order valence-corrected chi connectivity index (χ4v) is 3.48. The van der Waals surface area contributed by atoms with Crippen molar-refractivity contribution in [1.29, 1.82) is 0 Å². The Balaban J connectivity index is 1.74. The van der Waals surface area contributed by atoms with E-state index in [1.165, 1.54) is 0 Å². The van der Waals surface area contributed by atoms with Crippen molar-refractivity contribution < 1.29 is 19.4 Å². The zero-order valence-corrected chi connectivity index (χ0v) is 14.3. The summed E-state index contributed by atoms with van der Waals surface area (Å²) in [6, 6.07) is 7.36. The summed E-state index contributed by atoms with van der Waals surface area (Å²) in [6.07, 6.45) is 1.14. The van der Waals surface area contributed by atoms with Gasteiger partial charge in [0.1, 0.15) is 11.4 Å². The molecule has 2 N–H and O–H groups in total. The SMILES string of the molecule is CC1(C)CC(NC(=O)N2CCC(C)(C(=O)O)C2)c2ccccc2O1. The number of carbonyl (C=O) groups excluding carboxylic acids is 1. The zero-order valence-electron chi connectivity index (χ0n) is 14.3. The number of nitrogens with one attached hydrogen (secondary N) is 1. The lowest BCUT2D eigenvalue weighted by atomic mass is 9.89. The minimum Gasteiger partial charge on any atom is -0.487 e. The highest BCUT2D eigenvalue weighted by molar-refractivity contribution is 5.79. The Morgan fingerprint density at radius 1 is 1.29 bits per heavy atom. The van der Waals surface area contributed by atoms with Crippen molar-refractivity contribution in [2.45, 2.75) is 45.3 Å². The summed E-state index contributed by atoms with van der Waals surface area (Å²) in [4.78, 5) is 25.6. The number of nitrogens with zero attached hydrogens (tertiary/aromatic N) is 1. The van der Waals surface area contributed by atoms with Crippen molar-refractivity contribution in [3.8, 4) is 5.75 Å². The predicted molar refractivity (Wildman–Crippen MR) is 89.0 cm³/mol. The first-order chi connectivity index (χ1) is 11.2. The number of benzene rings is 1. The number of ether oxygens (including phenoxy) is 1. The number of carbonyl (C=O) groups is 2. The lowest BCUT2D eigenvalue weighted by Crippen LogP contribution is -2.46. The number of aliphatic carboxylic acids is 1. The molecule has 6 heteroatoms. The van der Waals surface area contributed by atoms with E-state index in [0.717, 1.165) is 11.3 Å². The summed E-state index contributed by atoms with van der Waals surface area (Å²) in [5, 5.41) is 12.4. The van der Waals surface area contributed by atoms with Gasteiger partial charge in [0.05, 0.1) is 11.5 Å². The summed E-state index contributed by atoms with van der Waals surface area (Å²) >= 11 is 0. The highest BCUT2D eigenvalue weighted by Crippen LogP contribution is 2.39. The molecule has 3 rings (SSSR count). The van der Waals surface area contributed by atoms with Crippen LogP contribution in [0.4, 0.5) is 4.79 Å². The molecule has 2 unspecified atom stereocenters. The molecule has 24 heavy (non-hydrogen) atoms. The minimum absolute atomic E-state index is 0.144. The van der Waals surface area contributed by atoms with Gasteiger partial charge in [-0.15, -0.1) is 0 Å². The third-order valence-corrected chi connectivity index (χ3v) is 4.95. The van der Waals surface area contributed by atoms with Gasteiger partial charge in [0, 0.05) is 25.1 Å². The molecule has 0 spiro atoms. The van der Waals surface area contributed by atoms with Gasteiger partial charge in [-0.2, -0.15) is 0 Å². The zero-order chi connectivity index (χ0) is 17.5. The van der Waals surface area contributed by atoms with Crippen LogP contribution in [0.5, 0.6) is 5.75 Å². The Morgan fingerprint density at radius 2 is 2.00 bits per heavy atom. The van der Waals surface area contributed by atoms with Crippen molar-refractivity contribution in [2.75, 3.05) is 13.1 Å². The van der Waals surface area contributed by atoms with E-state index in [1.54, 1.807) is 11.8 Å². The van der Waals surface area contributed by atoms with Gasteiger partial charge in [-0.05, 0) is 33.3 Å². The maximum absolute atomic E-state index is 12.6. The first kappa shape index (κ1) is 16.6. The van der Waals surface area contributed by atoms with Gasteiger partial charge in [0.25, 0.3) is 0 Å². The van der Waals surface area contributed by atoms with Crippen LogP contribution in [0.3, 0.4) is 0 Å². The number of carboxylic acid groups (broad SMARTS) is 1. The van der Waals surface area contributed by atoms with Gasteiger partial charge in [0.2, 0.25) is 0 Å². The summed E-state index contributed by atoms with van der Waals surface area (Å²) in [5.41, 5.74) is -0.262. The molecule has 1 saturated heterocycles. The van der Waals surface area contributed by atoms with Gasteiger partial charge < -0.3 is 20.1 Å². The molecule has 2 aliphatic rings. The van der Waals surface area contributed by atoms with E-state index in [-0.39, 0.29) is 24.2 Å². The van der Waals surface area contributed by atoms with Crippen molar-refractivity contribution in [3.63, 3.8) is 0 Å². The summed E-state index contributed by atoms with van der Waals surface area (Å²) in [7, 11) is 0. The molecular weight excluding hydrogens is 308 g/mol. The predicted octanol–water partition coefficient (Wildman–Crippen LogP) is 2.80. The number of fused-ring (bicyclic) bond motifs is 1. The quantitative estimate of drug-likeness (QED) is 0.873. The molecule has 0 bridgehead atoms.